The number of amides is 1. The van der Waals surface area contributed by atoms with Gasteiger partial charge in [-0.1, -0.05) is 289 Å². The fraction of sp³-hybridized carbons (Fsp3) is 0.933. The molecule has 0 aliphatic heterocycles. The minimum Gasteiger partial charge on any atom is -0.466 e. The number of esters is 1. The van der Waals surface area contributed by atoms with Crippen molar-refractivity contribution in [3.05, 3.63) is 12.2 Å². The summed E-state index contributed by atoms with van der Waals surface area (Å²) in [5.41, 5.74) is 0. The SMILES string of the molecule is CCCC/C=C\CCCCCCCC(=O)OCCCCCCCCCCCCCCCCCCCCCCCCC(=O)NC(CO)C(O)CCCCCCCCCCCCCCCCCC. The van der Waals surface area contributed by atoms with E-state index in [1.54, 1.807) is 0 Å². The lowest BCUT2D eigenvalue weighted by Crippen LogP contribution is -2.45. The summed E-state index contributed by atoms with van der Waals surface area (Å²) in [5, 5.41) is 23.3. The molecule has 0 radical (unpaired) electrons. The zero-order chi connectivity index (χ0) is 47.9. The number of rotatable bonds is 56. The van der Waals surface area contributed by atoms with Crippen molar-refractivity contribution in [1.82, 2.24) is 5.32 Å². The zero-order valence-electron chi connectivity index (χ0n) is 44.7. The summed E-state index contributed by atoms with van der Waals surface area (Å²) in [4.78, 5) is 24.5. The number of allylic oxidation sites excluding steroid dienone is 2. The molecule has 6 heteroatoms. The first-order chi connectivity index (χ1) is 32.5. The van der Waals surface area contributed by atoms with E-state index < -0.39 is 12.1 Å². The molecule has 0 saturated carbocycles. The smallest absolute Gasteiger partial charge is 0.305 e. The van der Waals surface area contributed by atoms with E-state index >= 15 is 0 Å². The van der Waals surface area contributed by atoms with Crippen LogP contribution in [0.25, 0.3) is 0 Å². The third-order valence-electron chi connectivity index (χ3n) is 14.1. The number of nitrogens with one attached hydrogen (secondary N) is 1. The van der Waals surface area contributed by atoms with Crippen molar-refractivity contribution in [3.8, 4) is 0 Å². The van der Waals surface area contributed by atoms with E-state index in [1.165, 1.54) is 257 Å². The van der Waals surface area contributed by atoms with Gasteiger partial charge in [0.25, 0.3) is 0 Å². The number of ether oxygens (including phenoxy) is 1. The van der Waals surface area contributed by atoms with Crippen molar-refractivity contribution >= 4 is 11.9 Å². The average Bonchev–Trinajstić information content (AvgIpc) is 3.32. The van der Waals surface area contributed by atoms with Crippen LogP contribution in [0.4, 0.5) is 0 Å². The van der Waals surface area contributed by atoms with Gasteiger partial charge in [0.15, 0.2) is 0 Å². The van der Waals surface area contributed by atoms with Gasteiger partial charge in [-0.3, -0.25) is 9.59 Å². The third kappa shape index (κ3) is 52.0. The van der Waals surface area contributed by atoms with E-state index in [2.05, 4.69) is 31.3 Å². The lowest BCUT2D eigenvalue weighted by atomic mass is 10.0. The Balaban J connectivity index is 3.38. The second-order valence-electron chi connectivity index (χ2n) is 20.7. The summed E-state index contributed by atoms with van der Waals surface area (Å²) in [6.45, 7) is 4.93. The lowest BCUT2D eigenvalue weighted by Gasteiger charge is -2.22. The molecule has 6 nitrogen and oxygen atoms in total. The molecule has 0 aliphatic rings. The number of aliphatic hydroxyl groups excluding tert-OH is 2. The number of carbonyl (C=O) groups excluding carboxylic acids is 2. The molecular weight excluding hydrogens is 815 g/mol. The highest BCUT2D eigenvalue weighted by molar-refractivity contribution is 5.76. The van der Waals surface area contributed by atoms with Gasteiger partial charge in [-0.05, 0) is 44.9 Å². The van der Waals surface area contributed by atoms with Gasteiger partial charge in [0, 0.05) is 12.8 Å². The Hall–Kier alpha value is -1.40. The highest BCUT2D eigenvalue weighted by Gasteiger charge is 2.20. The Morgan fingerprint density at radius 2 is 0.727 bits per heavy atom. The van der Waals surface area contributed by atoms with Crippen LogP contribution in [0.15, 0.2) is 12.2 Å². The maximum atomic E-state index is 12.5. The van der Waals surface area contributed by atoms with Crippen LogP contribution in [-0.2, 0) is 14.3 Å². The van der Waals surface area contributed by atoms with Crippen molar-refractivity contribution in [2.24, 2.45) is 0 Å². The summed E-state index contributed by atoms with van der Waals surface area (Å²) < 4.78 is 5.46. The van der Waals surface area contributed by atoms with Crippen molar-refractivity contribution < 1.29 is 24.5 Å². The standard InChI is InChI=1S/C60H117NO5/c1-3-5-7-9-11-13-15-16-17-26-29-33-36-40-44-48-52-58(63)57(56-62)61-59(64)53-49-45-41-37-34-30-27-24-22-20-18-19-21-23-25-28-31-35-39-43-47-51-55-66-60(65)54-50-46-42-38-32-14-12-10-8-6-4-2/h10,12,57-58,62-63H,3-9,11,13-56H2,1-2H3,(H,61,64)/b12-10-. The molecule has 66 heavy (non-hydrogen) atoms. The van der Waals surface area contributed by atoms with Crippen molar-refractivity contribution in [3.63, 3.8) is 0 Å². The Kier molecular flexibility index (Phi) is 55.0. The minimum absolute atomic E-state index is 0.00269. The number of carbonyl (C=O) groups is 2. The Bertz CT molecular complexity index is 986. The van der Waals surface area contributed by atoms with Crippen LogP contribution in [0.1, 0.15) is 335 Å². The van der Waals surface area contributed by atoms with Crippen LogP contribution in [-0.4, -0.2) is 47.4 Å². The summed E-state index contributed by atoms with van der Waals surface area (Å²) in [7, 11) is 0. The maximum Gasteiger partial charge on any atom is 0.305 e. The van der Waals surface area contributed by atoms with Gasteiger partial charge in [0.2, 0.25) is 5.91 Å². The molecule has 0 aromatic carbocycles. The van der Waals surface area contributed by atoms with E-state index in [4.69, 9.17) is 4.74 Å². The first-order valence-corrected chi connectivity index (χ1v) is 29.9. The molecule has 0 aromatic heterocycles. The molecule has 1 amide bonds. The van der Waals surface area contributed by atoms with E-state index in [0.29, 0.717) is 25.9 Å². The highest BCUT2D eigenvalue weighted by Crippen LogP contribution is 2.18. The normalized spacial score (nSPS) is 12.6. The summed E-state index contributed by atoms with van der Waals surface area (Å²) in [5.74, 6) is -0.0300. The molecule has 3 N–H and O–H groups in total. The minimum atomic E-state index is -0.663. The molecule has 2 unspecified atom stereocenters. The molecule has 2 atom stereocenters. The van der Waals surface area contributed by atoms with Gasteiger partial charge in [-0.2, -0.15) is 0 Å². The summed E-state index contributed by atoms with van der Waals surface area (Å²) >= 11 is 0. The number of hydrogen-bond donors (Lipinski definition) is 3. The number of hydrogen-bond acceptors (Lipinski definition) is 5. The second kappa shape index (κ2) is 56.2. The molecule has 0 saturated heterocycles. The van der Waals surface area contributed by atoms with Gasteiger partial charge >= 0.3 is 5.97 Å². The molecule has 0 heterocycles. The summed E-state index contributed by atoms with van der Waals surface area (Å²) in [6.07, 6.45) is 66.4. The first-order valence-electron chi connectivity index (χ1n) is 29.9. The largest absolute Gasteiger partial charge is 0.466 e. The topological polar surface area (TPSA) is 95.9 Å². The molecule has 0 spiro atoms. The molecule has 0 rings (SSSR count). The monoisotopic (exact) mass is 932 g/mol. The van der Waals surface area contributed by atoms with E-state index in [1.807, 2.05) is 0 Å². The van der Waals surface area contributed by atoms with Crippen molar-refractivity contribution in [2.75, 3.05) is 13.2 Å². The quantitative estimate of drug-likeness (QED) is 0.0321. The number of unbranched alkanes of at least 4 members (excludes halogenated alkanes) is 43. The molecule has 0 aliphatic carbocycles. The Labute approximate surface area is 412 Å². The lowest BCUT2D eigenvalue weighted by molar-refractivity contribution is -0.143. The third-order valence-corrected chi connectivity index (χ3v) is 14.1. The van der Waals surface area contributed by atoms with E-state index in [-0.39, 0.29) is 18.5 Å². The highest BCUT2D eigenvalue weighted by atomic mass is 16.5. The van der Waals surface area contributed by atoms with Gasteiger partial charge in [-0.25, -0.2) is 0 Å². The Morgan fingerprint density at radius 3 is 1.12 bits per heavy atom. The van der Waals surface area contributed by atoms with E-state index in [0.717, 1.165) is 44.9 Å². The van der Waals surface area contributed by atoms with Crippen molar-refractivity contribution in [1.29, 1.82) is 0 Å². The predicted molar refractivity (Wildman–Crippen MR) is 287 cm³/mol. The van der Waals surface area contributed by atoms with Crippen LogP contribution in [0, 0.1) is 0 Å². The molecule has 0 fully saturated rings. The second-order valence-corrected chi connectivity index (χ2v) is 20.7. The maximum absolute atomic E-state index is 12.5. The van der Waals surface area contributed by atoms with Gasteiger partial charge in [0.1, 0.15) is 0 Å². The van der Waals surface area contributed by atoms with E-state index in [9.17, 15) is 19.8 Å². The number of aliphatic hydroxyl groups is 2. The Morgan fingerprint density at radius 1 is 0.409 bits per heavy atom. The van der Waals surface area contributed by atoms with Crippen LogP contribution < -0.4 is 5.32 Å². The van der Waals surface area contributed by atoms with Crippen molar-refractivity contribution in [2.45, 2.75) is 347 Å². The first kappa shape index (κ1) is 64.6. The zero-order valence-corrected chi connectivity index (χ0v) is 44.7. The molecule has 0 aromatic rings. The van der Waals surface area contributed by atoms with Crippen LogP contribution >= 0.6 is 0 Å². The molecule has 392 valence electrons. The van der Waals surface area contributed by atoms with Gasteiger partial charge < -0.3 is 20.3 Å². The predicted octanol–water partition coefficient (Wildman–Crippen LogP) is 18.5. The molecule has 0 bridgehead atoms. The average molecular weight is 933 g/mol. The fourth-order valence-electron chi connectivity index (χ4n) is 9.45. The summed E-state index contributed by atoms with van der Waals surface area (Å²) in [6, 6.07) is -0.541. The van der Waals surface area contributed by atoms with Crippen LogP contribution in [0.5, 0.6) is 0 Å². The van der Waals surface area contributed by atoms with Gasteiger partial charge in [-0.15, -0.1) is 0 Å². The van der Waals surface area contributed by atoms with Gasteiger partial charge in [0.05, 0.1) is 25.4 Å². The van der Waals surface area contributed by atoms with Crippen LogP contribution in [0.2, 0.25) is 0 Å². The fourth-order valence-corrected chi connectivity index (χ4v) is 9.45. The van der Waals surface area contributed by atoms with Crippen LogP contribution in [0.3, 0.4) is 0 Å². The molecular formula is C60H117NO5.